The van der Waals surface area contributed by atoms with Gasteiger partial charge in [0, 0.05) is 22.9 Å². The van der Waals surface area contributed by atoms with Crippen LogP contribution in [0.5, 0.6) is 0 Å². The third kappa shape index (κ3) is 6.38. The molecule has 0 fully saturated rings. The molecule has 1 heterocycles. The van der Waals surface area contributed by atoms with Gasteiger partial charge >= 0.3 is 6.18 Å². The van der Waals surface area contributed by atoms with Gasteiger partial charge < -0.3 is 16.0 Å². The number of amides is 2. The second kappa shape index (κ2) is 9.53. The van der Waals surface area contributed by atoms with Gasteiger partial charge in [-0.25, -0.2) is 4.98 Å². The number of alkyl halides is 3. The number of halogens is 4. The summed E-state index contributed by atoms with van der Waals surface area (Å²) in [5.41, 5.74) is -0.413. The number of nitrogens with one attached hydrogen (secondary N) is 3. The van der Waals surface area contributed by atoms with Gasteiger partial charge in [0.1, 0.15) is 5.82 Å². The van der Waals surface area contributed by atoms with Gasteiger partial charge in [-0.3, -0.25) is 9.59 Å². The van der Waals surface area contributed by atoms with E-state index in [1.54, 1.807) is 24.3 Å². The molecule has 0 aliphatic heterocycles. The van der Waals surface area contributed by atoms with Gasteiger partial charge in [0.15, 0.2) is 0 Å². The van der Waals surface area contributed by atoms with E-state index in [9.17, 15) is 22.8 Å². The Morgan fingerprint density at radius 1 is 1.04 bits per heavy atom. The fraction of sp³-hybridized carbons (Fsp3) is 0.235. The van der Waals surface area contributed by atoms with E-state index in [1.165, 1.54) is 12.3 Å². The van der Waals surface area contributed by atoms with E-state index in [2.05, 4.69) is 20.9 Å². The lowest BCUT2D eigenvalue weighted by Crippen LogP contribution is -2.39. The monoisotopic (exact) mass is 492 g/mol. The third-order valence-electron chi connectivity index (χ3n) is 3.38. The zero-order valence-electron chi connectivity index (χ0n) is 13.9. The summed E-state index contributed by atoms with van der Waals surface area (Å²) in [7, 11) is 0. The number of anilines is 1. The van der Waals surface area contributed by atoms with Crippen LogP contribution in [0.15, 0.2) is 42.6 Å². The van der Waals surface area contributed by atoms with Crippen LogP contribution < -0.4 is 16.0 Å². The van der Waals surface area contributed by atoms with Crippen LogP contribution in [0.2, 0.25) is 0 Å². The Labute approximate surface area is 167 Å². The molecule has 2 aromatic rings. The Kier molecular flexibility index (Phi) is 7.39. The summed E-state index contributed by atoms with van der Waals surface area (Å²) in [6.07, 6.45) is -3.27. The molecule has 3 N–H and O–H groups in total. The smallest absolute Gasteiger partial charge is 0.368 e. The number of rotatable bonds is 7. The van der Waals surface area contributed by atoms with Crippen molar-refractivity contribution in [1.82, 2.24) is 15.6 Å². The maximum Gasteiger partial charge on any atom is 0.419 e. The molecule has 1 aromatic carbocycles. The van der Waals surface area contributed by atoms with E-state index >= 15 is 0 Å². The number of aromatic nitrogens is 1. The second-order valence-corrected chi connectivity index (χ2v) is 6.50. The number of hydrogen-bond acceptors (Lipinski definition) is 4. The highest BCUT2D eigenvalue weighted by molar-refractivity contribution is 14.1. The molecule has 10 heteroatoms. The molecule has 2 rings (SSSR count). The Balaban J connectivity index is 1.74. The first-order valence-corrected chi connectivity index (χ1v) is 8.92. The first kappa shape index (κ1) is 20.9. The van der Waals surface area contributed by atoms with Crippen molar-refractivity contribution in [3.63, 3.8) is 0 Å². The molecule has 0 spiro atoms. The molecular weight excluding hydrogens is 476 g/mol. The number of hydrogen-bond donors (Lipinski definition) is 3. The van der Waals surface area contributed by atoms with E-state index in [-0.39, 0.29) is 31.4 Å². The summed E-state index contributed by atoms with van der Waals surface area (Å²) >= 11 is 2.02. The zero-order chi connectivity index (χ0) is 19.9. The van der Waals surface area contributed by atoms with Gasteiger partial charge in [0.05, 0.1) is 17.7 Å². The number of carbonyl (C=O) groups is 2. The Bertz CT molecular complexity index is 815. The van der Waals surface area contributed by atoms with Gasteiger partial charge in [0.2, 0.25) is 5.91 Å². The van der Waals surface area contributed by atoms with Crippen molar-refractivity contribution in [3.05, 3.63) is 57.3 Å². The van der Waals surface area contributed by atoms with Crippen LogP contribution in [0.3, 0.4) is 0 Å². The number of nitrogens with zero attached hydrogens (tertiary/aromatic N) is 1. The summed E-state index contributed by atoms with van der Waals surface area (Å²) in [5.74, 6) is -1.13. The predicted molar refractivity (Wildman–Crippen MR) is 102 cm³/mol. The van der Waals surface area contributed by atoms with Crippen LogP contribution in [-0.4, -0.2) is 36.4 Å². The molecule has 0 radical (unpaired) electrons. The summed E-state index contributed by atoms with van der Waals surface area (Å²) in [6.45, 7) is -0.108. The summed E-state index contributed by atoms with van der Waals surface area (Å²) in [6, 6.07) is 9.05. The Morgan fingerprint density at radius 2 is 1.78 bits per heavy atom. The van der Waals surface area contributed by atoms with Crippen molar-refractivity contribution in [2.75, 3.05) is 25.0 Å². The van der Waals surface area contributed by atoms with Crippen molar-refractivity contribution in [2.24, 2.45) is 0 Å². The topological polar surface area (TPSA) is 83.1 Å². The fourth-order valence-electron chi connectivity index (χ4n) is 2.12. The zero-order valence-corrected chi connectivity index (χ0v) is 16.1. The highest BCUT2D eigenvalue weighted by Gasteiger charge is 2.33. The highest BCUT2D eigenvalue weighted by atomic mass is 127. The summed E-state index contributed by atoms with van der Waals surface area (Å²) in [5, 5.41) is 7.53. The van der Waals surface area contributed by atoms with Crippen LogP contribution in [0.4, 0.5) is 19.0 Å². The average molecular weight is 492 g/mol. The molecular formula is C17H16F3IN4O2. The third-order valence-corrected chi connectivity index (χ3v) is 4.32. The molecule has 1 aromatic heterocycles. The van der Waals surface area contributed by atoms with Crippen LogP contribution in [0.1, 0.15) is 15.9 Å². The predicted octanol–water partition coefficient (Wildman–Crippen LogP) is 2.66. The van der Waals surface area contributed by atoms with Crippen LogP contribution in [-0.2, 0) is 11.0 Å². The van der Waals surface area contributed by atoms with Gasteiger partial charge in [-0.05, 0) is 46.9 Å². The molecule has 0 saturated carbocycles. The second-order valence-electron chi connectivity index (χ2n) is 5.34. The fourth-order valence-corrected chi connectivity index (χ4v) is 2.75. The van der Waals surface area contributed by atoms with E-state index in [0.717, 1.165) is 9.64 Å². The quantitative estimate of drug-likeness (QED) is 0.410. The average Bonchev–Trinajstić information content (AvgIpc) is 2.63. The molecule has 0 aliphatic rings. The molecule has 0 aliphatic carbocycles. The van der Waals surface area contributed by atoms with Gasteiger partial charge in [-0.15, -0.1) is 0 Å². The number of pyridine rings is 1. The minimum Gasteiger partial charge on any atom is -0.368 e. The minimum absolute atomic E-state index is 0.0519. The summed E-state index contributed by atoms with van der Waals surface area (Å²) in [4.78, 5) is 27.4. The van der Waals surface area contributed by atoms with Gasteiger partial charge in [0.25, 0.3) is 5.91 Å². The van der Waals surface area contributed by atoms with Gasteiger partial charge in [-0.1, -0.05) is 12.1 Å². The van der Waals surface area contributed by atoms with Crippen molar-refractivity contribution >= 4 is 40.2 Å². The Morgan fingerprint density at radius 3 is 2.48 bits per heavy atom. The van der Waals surface area contributed by atoms with E-state index in [4.69, 9.17) is 0 Å². The molecule has 0 atom stereocenters. The van der Waals surface area contributed by atoms with Crippen molar-refractivity contribution in [1.29, 1.82) is 0 Å². The largest absolute Gasteiger partial charge is 0.419 e. The van der Waals surface area contributed by atoms with Crippen molar-refractivity contribution in [2.45, 2.75) is 6.18 Å². The standard InChI is InChI=1S/C17H16F3IN4O2/c18-17(19,20)12-5-3-7-23-15(12)24-9-8-22-14(26)10-25-16(27)11-4-1-2-6-13(11)21/h1-7H,8-10H2,(H,22,26)(H,23,24)(H,25,27). The lowest BCUT2D eigenvalue weighted by molar-refractivity contribution is -0.137. The molecule has 27 heavy (non-hydrogen) atoms. The highest BCUT2D eigenvalue weighted by Crippen LogP contribution is 2.33. The van der Waals surface area contributed by atoms with Crippen molar-refractivity contribution < 1.29 is 22.8 Å². The Hall–Kier alpha value is -2.37. The molecule has 0 saturated heterocycles. The maximum atomic E-state index is 12.8. The van der Waals surface area contributed by atoms with Gasteiger partial charge in [-0.2, -0.15) is 13.2 Å². The van der Waals surface area contributed by atoms with E-state index in [0.29, 0.717) is 5.56 Å². The SMILES string of the molecule is O=C(CNC(=O)c1ccccc1I)NCCNc1ncccc1C(F)(F)F. The van der Waals surface area contributed by atoms with Crippen molar-refractivity contribution in [3.8, 4) is 0 Å². The lowest BCUT2D eigenvalue weighted by atomic mass is 10.2. The minimum atomic E-state index is -4.51. The summed E-state index contributed by atoms with van der Waals surface area (Å²) < 4.78 is 39.3. The normalized spacial score (nSPS) is 11.0. The molecule has 144 valence electrons. The molecule has 0 unspecified atom stereocenters. The molecule has 6 nitrogen and oxygen atoms in total. The van der Waals surface area contributed by atoms with Crippen LogP contribution >= 0.6 is 22.6 Å². The molecule has 0 bridgehead atoms. The van der Waals surface area contributed by atoms with Crippen LogP contribution in [0.25, 0.3) is 0 Å². The van der Waals surface area contributed by atoms with E-state index in [1.807, 2.05) is 22.6 Å². The first-order chi connectivity index (χ1) is 12.8. The lowest BCUT2D eigenvalue weighted by Gasteiger charge is -2.13. The number of carbonyl (C=O) groups excluding carboxylic acids is 2. The van der Waals surface area contributed by atoms with Crippen LogP contribution in [0, 0.1) is 3.57 Å². The molecule has 2 amide bonds. The first-order valence-electron chi connectivity index (χ1n) is 7.84. The van der Waals surface area contributed by atoms with E-state index < -0.39 is 17.6 Å². The number of benzene rings is 1. The maximum absolute atomic E-state index is 12.8.